The molecule has 0 aliphatic heterocycles. The first kappa shape index (κ1) is 20.4. The number of halogens is 1. The van der Waals surface area contributed by atoms with Crippen LogP contribution in [0.5, 0.6) is 5.75 Å². The number of phenols is 1. The van der Waals surface area contributed by atoms with Crippen LogP contribution in [0.2, 0.25) is 0 Å². The molecule has 4 heteroatoms. The van der Waals surface area contributed by atoms with Gasteiger partial charge in [0, 0.05) is 12.0 Å². The number of likely N-dealkylation sites (N-methyl/N-ethyl adjacent to an activating group) is 1. The van der Waals surface area contributed by atoms with Crippen molar-refractivity contribution in [2.24, 2.45) is 0 Å². The molecule has 3 nitrogen and oxygen atoms in total. The molecule has 130 valence electrons. The zero-order valence-corrected chi connectivity index (χ0v) is 15.7. The molecule has 0 amide bonds. The fourth-order valence-corrected chi connectivity index (χ4v) is 3.02. The van der Waals surface area contributed by atoms with Gasteiger partial charge in [-0.25, -0.2) is 0 Å². The van der Waals surface area contributed by atoms with Crippen LogP contribution in [0.4, 0.5) is 0 Å². The topological polar surface area (TPSA) is 40.5 Å². The number of rotatable bonds is 8. The highest BCUT2D eigenvalue weighted by Crippen LogP contribution is 2.21. The van der Waals surface area contributed by atoms with E-state index in [0.29, 0.717) is 4.48 Å². The Morgan fingerprint density at radius 1 is 1.04 bits per heavy atom. The van der Waals surface area contributed by atoms with Crippen molar-refractivity contribution in [2.75, 3.05) is 20.2 Å². The van der Waals surface area contributed by atoms with E-state index < -0.39 is 0 Å². The molecule has 24 heavy (non-hydrogen) atoms. The highest BCUT2D eigenvalue weighted by atomic mass is 79.9. The minimum atomic E-state index is 0. The minimum Gasteiger partial charge on any atom is -1.00 e. The molecule has 0 saturated carbocycles. The van der Waals surface area contributed by atoms with E-state index in [1.54, 1.807) is 12.1 Å². The highest BCUT2D eigenvalue weighted by molar-refractivity contribution is 5.26. The summed E-state index contributed by atoms with van der Waals surface area (Å²) in [5.74, 6) is 0.266. The summed E-state index contributed by atoms with van der Waals surface area (Å²) in [5, 5.41) is 19.4. The molecule has 0 fully saturated rings. The Labute approximate surface area is 155 Å². The zero-order chi connectivity index (χ0) is 16.7. The van der Waals surface area contributed by atoms with E-state index in [1.165, 1.54) is 5.56 Å². The molecule has 0 heterocycles. The van der Waals surface area contributed by atoms with Crippen LogP contribution >= 0.6 is 0 Å². The summed E-state index contributed by atoms with van der Waals surface area (Å²) in [6.45, 7) is 5.63. The quantitative estimate of drug-likeness (QED) is 0.496. The van der Waals surface area contributed by atoms with Gasteiger partial charge in [0.05, 0.1) is 20.2 Å². The van der Waals surface area contributed by atoms with Crippen molar-refractivity contribution in [3.63, 3.8) is 0 Å². The standard InChI is InChI=1S/C20H25NO2.BrH/c1-3-13-21(2,15-18-7-5-4-6-8-18)19(16-22)14-17-9-11-20(23)12-10-17;/h3-12,19,22H,1,13-16H2,2H3;1H/t19-,21-;/m0./s1. The van der Waals surface area contributed by atoms with Crippen LogP contribution in [0.15, 0.2) is 67.3 Å². The van der Waals surface area contributed by atoms with Gasteiger partial charge < -0.3 is 31.7 Å². The minimum absolute atomic E-state index is 0. The molecule has 2 rings (SSSR count). The molecule has 0 unspecified atom stereocenters. The van der Waals surface area contributed by atoms with Gasteiger partial charge in [-0.3, -0.25) is 0 Å². The Morgan fingerprint density at radius 2 is 1.67 bits per heavy atom. The smallest absolute Gasteiger partial charge is 0.117 e. The summed E-state index contributed by atoms with van der Waals surface area (Å²) >= 11 is 0. The van der Waals surface area contributed by atoms with Gasteiger partial charge in [0.15, 0.2) is 0 Å². The van der Waals surface area contributed by atoms with E-state index in [1.807, 2.05) is 36.4 Å². The van der Waals surface area contributed by atoms with E-state index in [9.17, 15) is 10.2 Å². The fraction of sp³-hybridized carbons (Fsp3) is 0.300. The van der Waals surface area contributed by atoms with Gasteiger partial charge in [-0.15, -0.1) is 0 Å². The molecule has 0 bridgehead atoms. The number of aliphatic hydroxyl groups is 1. The average molecular weight is 392 g/mol. The summed E-state index contributed by atoms with van der Waals surface area (Å²) in [6, 6.07) is 17.6. The fourth-order valence-electron chi connectivity index (χ4n) is 3.02. The Kier molecular flexibility index (Phi) is 8.19. The number of benzene rings is 2. The maximum absolute atomic E-state index is 9.98. The van der Waals surface area contributed by atoms with Crippen molar-refractivity contribution >= 4 is 0 Å². The SMILES string of the molecule is C=CC[N@@+](C)(Cc1ccccc1)[C@H](CO)Cc1ccc(O)cc1.[Br-]. The Balaban J connectivity index is 0.00000288. The number of aliphatic hydroxyl groups excluding tert-OH is 1. The van der Waals surface area contributed by atoms with Crippen molar-refractivity contribution in [3.05, 3.63) is 78.4 Å². The van der Waals surface area contributed by atoms with Gasteiger partial charge in [-0.05, 0) is 23.8 Å². The molecule has 2 N–H and O–H groups in total. The molecule has 0 aromatic heterocycles. The molecule has 0 radical (unpaired) electrons. The molecule has 2 aromatic carbocycles. The number of aromatic hydroxyl groups is 1. The van der Waals surface area contributed by atoms with Crippen LogP contribution in [-0.4, -0.2) is 40.9 Å². The van der Waals surface area contributed by atoms with Crippen LogP contribution in [-0.2, 0) is 13.0 Å². The van der Waals surface area contributed by atoms with Gasteiger partial charge >= 0.3 is 0 Å². The van der Waals surface area contributed by atoms with Crippen molar-refractivity contribution in [2.45, 2.75) is 19.0 Å². The summed E-state index contributed by atoms with van der Waals surface area (Å²) in [5.41, 5.74) is 2.37. The lowest BCUT2D eigenvalue weighted by Crippen LogP contribution is -3.00. The van der Waals surface area contributed by atoms with Crippen LogP contribution in [0.3, 0.4) is 0 Å². The first-order valence-corrected chi connectivity index (χ1v) is 7.95. The van der Waals surface area contributed by atoms with Gasteiger partial charge in [0.25, 0.3) is 0 Å². The number of hydrogen-bond donors (Lipinski definition) is 2. The molecular weight excluding hydrogens is 366 g/mol. The van der Waals surface area contributed by atoms with Crippen LogP contribution in [0, 0.1) is 0 Å². The normalized spacial score (nSPS) is 14.2. The number of quaternary nitrogens is 1. The molecule has 0 saturated heterocycles. The largest absolute Gasteiger partial charge is 1.00 e. The zero-order valence-electron chi connectivity index (χ0n) is 14.1. The predicted octanol–water partition coefficient (Wildman–Crippen LogP) is 0.132. The second-order valence-corrected chi connectivity index (χ2v) is 6.30. The number of phenolic OH excluding ortho intramolecular Hbond substituents is 1. The Bertz CT molecular complexity index is 615. The molecule has 2 aromatic rings. The molecule has 0 aliphatic carbocycles. The van der Waals surface area contributed by atoms with E-state index in [0.717, 1.165) is 25.1 Å². The third-order valence-corrected chi connectivity index (χ3v) is 4.43. The Hall–Kier alpha value is -1.62. The second kappa shape index (κ2) is 9.62. The molecule has 0 aliphatic rings. The molecule has 0 spiro atoms. The van der Waals surface area contributed by atoms with Gasteiger partial charge in [-0.1, -0.05) is 49.0 Å². The van der Waals surface area contributed by atoms with Gasteiger partial charge in [0.1, 0.15) is 18.3 Å². The third kappa shape index (κ3) is 5.48. The lowest BCUT2D eigenvalue weighted by atomic mass is 10.0. The van der Waals surface area contributed by atoms with Crippen molar-refractivity contribution in [1.29, 1.82) is 0 Å². The second-order valence-electron chi connectivity index (χ2n) is 6.30. The number of hydrogen-bond acceptors (Lipinski definition) is 2. The lowest BCUT2D eigenvalue weighted by Gasteiger charge is -2.40. The van der Waals surface area contributed by atoms with Gasteiger partial charge in [-0.2, -0.15) is 0 Å². The first-order valence-electron chi connectivity index (χ1n) is 7.95. The number of nitrogens with zero attached hydrogens (tertiary/aromatic N) is 1. The highest BCUT2D eigenvalue weighted by Gasteiger charge is 2.31. The first-order chi connectivity index (χ1) is 11.1. The molecular formula is C20H26BrNO2. The van der Waals surface area contributed by atoms with E-state index in [-0.39, 0.29) is 35.4 Å². The predicted molar refractivity (Wildman–Crippen MR) is 94.1 cm³/mol. The molecule has 2 atom stereocenters. The van der Waals surface area contributed by atoms with E-state index >= 15 is 0 Å². The summed E-state index contributed by atoms with van der Waals surface area (Å²) < 4.78 is 0.699. The summed E-state index contributed by atoms with van der Waals surface area (Å²) in [7, 11) is 2.16. The van der Waals surface area contributed by atoms with Gasteiger partial charge in [0.2, 0.25) is 0 Å². The lowest BCUT2D eigenvalue weighted by molar-refractivity contribution is -0.941. The van der Waals surface area contributed by atoms with Crippen molar-refractivity contribution in [3.8, 4) is 5.75 Å². The van der Waals surface area contributed by atoms with E-state index in [4.69, 9.17) is 0 Å². The third-order valence-electron chi connectivity index (χ3n) is 4.43. The van der Waals surface area contributed by atoms with Crippen molar-refractivity contribution < 1.29 is 31.7 Å². The monoisotopic (exact) mass is 391 g/mol. The summed E-state index contributed by atoms with van der Waals surface area (Å²) in [6.07, 6.45) is 2.68. The van der Waals surface area contributed by atoms with Crippen LogP contribution in [0.25, 0.3) is 0 Å². The summed E-state index contributed by atoms with van der Waals surface area (Å²) in [4.78, 5) is 0. The van der Waals surface area contributed by atoms with Crippen molar-refractivity contribution in [1.82, 2.24) is 0 Å². The van der Waals surface area contributed by atoms with Crippen LogP contribution < -0.4 is 17.0 Å². The van der Waals surface area contributed by atoms with E-state index in [2.05, 4.69) is 25.8 Å². The maximum Gasteiger partial charge on any atom is 0.117 e. The maximum atomic E-state index is 9.98. The van der Waals surface area contributed by atoms with Crippen LogP contribution in [0.1, 0.15) is 11.1 Å². The Morgan fingerprint density at radius 3 is 2.21 bits per heavy atom. The average Bonchev–Trinajstić information content (AvgIpc) is 2.55.